The largest absolute Gasteiger partial charge is 0.314 e. The van der Waals surface area contributed by atoms with Crippen LogP contribution < -0.4 is 10.2 Å². The molecule has 1 saturated heterocycles. The quantitative estimate of drug-likeness (QED) is 0.784. The molecule has 2 fully saturated rings. The van der Waals surface area contributed by atoms with E-state index in [1.807, 2.05) is 6.07 Å². The summed E-state index contributed by atoms with van der Waals surface area (Å²) in [6.45, 7) is 4.37. The van der Waals surface area contributed by atoms with Gasteiger partial charge in [0.1, 0.15) is 0 Å². The molecule has 1 amide bonds. The minimum Gasteiger partial charge on any atom is -0.314 e. The van der Waals surface area contributed by atoms with Gasteiger partial charge < -0.3 is 10.2 Å². The first-order valence-corrected chi connectivity index (χ1v) is 11.5. The SMILES string of the molecule is CC(=O)N1CCCc2ccc(S(=O)(=O)N3CCC(NCC4CC4)CC3)cc21.Cl. The van der Waals surface area contributed by atoms with E-state index in [0.29, 0.717) is 30.6 Å². The highest BCUT2D eigenvalue weighted by Gasteiger charge is 2.31. The Kier molecular flexibility index (Phi) is 6.69. The maximum atomic E-state index is 13.1. The van der Waals surface area contributed by atoms with Crippen molar-refractivity contribution in [3.63, 3.8) is 0 Å². The fraction of sp³-hybridized carbons (Fsp3) is 0.650. The molecule has 0 aromatic heterocycles. The fourth-order valence-corrected chi connectivity index (χ4v) is 5.64. The van der Waals surface area contributed by atoms with E-state index in [0.717, 1.165) is 49.4 Å². The van der Waals surface area contributed by atoms with E-state index in [-0.39, 0.29) is 18.3 Å². The van der Waals surface area contributed by atoms with Gasteiger partial charge in [-0.15, -0.1) is 12.4 Å². The summed E-state index contributed by atoms with van der Waals surface area (Å²) in [5.74, 6) is 0.805. The van der Waals surface area contributed by atoms with E-state index >= 15 is 0 Å². The molecule has 2 heterocycles. The Bertz CT molecular complexity index is 818. The lowest BCUT2D eigenvalue weighted by Crippen LogP contribution is -2.45. The number of nitrogens with one attached hydrogen (secondary N) is 1. The number of benzene rings is 1. The molecule has 156 valence electrons. The maximum absolute atomic E-state index is 13.1. The molecule has 0 unspecified atom stereocenters. The third kappa shape index (κ3) is 4.53. The third-order valence-corrected chi connectivity index (χ3v) is 7.93. The van der Waals surface area contributed by atoms with E-state index in [1.165, 1.54) is 19.8 Å². The number of rotatable bonds is 5. The van der Waals surface area contributed by atoms with E-state index in [9.17, 15) is 13.2 Å². The molecule has 3 aliphatic rings. The molecule has 8 heteroatoms. The first-order valence-electron chi connectivity index (χ1n) is 10.1. The lowest BCUT2D eigenvalue weighted by Gasteiger charge is -2.33. The van der Waals surface area contributed by atoms with Crippen molar-refractivity contribution in [2.24, 2.45) is 5.92 Å². The van der Waals surface area contributed by atoms with Crippen molar-refractivity contribution in [2.45, 2.75) is 56.4 Å². The lowest BCUT2D eigenvalue weighted by atomic mass is 10.0. The summed E-state index contributed by atoms with van der Waals surface area (Å²) < 4.78 is 27.9. The standard InChI is InChI=1S/C20H29N3O3S.ClH/c1-15(24)23-10-2-3-17-6-7-19(13-20(17)23)27(25,26)22-11-8-18(9-12-22)21-14-16-4-5-16;/h6-7,13,16,18,21H,2-5,8-12,14H2,1H3;1H. The molecule has 0 bridgehead atoms. The second-order valence-corrected chi connectivity index (χ2v) is 10.0. The second kappa shape index (κ2) is 8.69. The summed E-state index contributed by atoms with van der Waals surface area (Å²) in [6, 6.07) is 5.70. The molecular weight excluding hydrogens is 398 g/mol. The minimum absolute atomic E-state index is 0. The Balaban J connectivity index is 0.00000225. The van der Waals surface area contributed by atoms with Crippen molar-refractivity contribution >= 4 is 34.0 Å². The molecule has 6 nitrogen and oxygen atoms in total. The van der Waals surface area contributed by atoms with Crippen LogP contribution in [-0.2, 0) is 21.2 Å². The van der Waals surface area contributed by atoms with Gasteiger partial charge in [0.2, 0.25) is 15.9 Å². The summed E-state index contributed by atoms with van der Waals surface area (Å²) in [5.41, 5.74) is 1.81. The van der Waals surface area contributed by atoms with Gasteiger partial charge in [-0.3, -0.25) is 4.79 Å². The summed E-state index contributed by atoms with van der Waals surface area (Å²) in [7, 11) is -3.52. The van der Waals surface area contributed by atoms with Crippen LogP contribution in [0.1, 0.15) is 44.6 Å². The number of anilines is 1. The molecule has 4 rings (SSSR count). The molecule has 1 aromatic rings. The van der Waals surface area contributed by atoms with E-state index in [2.05, 4.69) is 5.32 Å². The number of carbonyl (C=O) groups is 1. The van der Waals surface area contributed by atoms with Gasteiger partial charge in [0.25, 0.3) is 0 Å². The van der Waals surface area contributed by atoms with E-state index in [1.54, 1.807) is 21.3 Å². The number of nitrogens with zero attached hydrogens (tertiary/aromatic N) is 2. The van der Waals surface area contributed by atoms with Gasteiger partial charge in [0.15, 0.2) is 0 Å². The number of amides is 1. The van der Waals surface area contributed by atoms with Crippen LogP contribution in [0.25, 0.3) is 0 Å². The normalized spacial score (nSPS) is 21.1. The number of carbonyl (C=O) groups excluding carboxylic acids is 1. The van der Waals surface area contributed by atoms with E-state index < -0.39 is 10.0 Å². The number of hydrogen-bond donors (Lipinski definition) is 1. The number of aryl methyl sites for hydroxylation is 1. The molecule has 1 aromatic carbocycles. The molecule has 0 radical (unpaired) electrons. The monoisotopic (exact) mass is 427 g/mol. The van der Waals surface area contributed by atoms with Gasteiger partial charge >= 0.3 is 0 Å². The zero-order valence-electron chi connectivity index (χ0n) is 16.4. The van der Waals surface area contributed by atoms with Gasteiger partial charge in [0.05, 0.1) is 4.90 Å². The number of sulfonamides is 1. The molecule has 2 aliphatic heterocycles. The first-order chi connectivity index (χ1) is 12.9. The number of hydrogen-bond acceptors (Lipinski definition) is 4. The summed E-state index contributed by atoms with van der Waals surface area (Å²) in [5, 5.41) is 3.59. The number of fused-ring (bicyclic) bond motifs is 1. The van der Waals surface area contributed by atoms with Gasteiger partial charge in [0, 0.05) is 38.3 Å². The smallest absolute Gasteiger partial charge is 0.243 e. The van der Waals surface area contributed by atoms with Crippen molar-refractivity contribution < 1.29 is 13.2 Å². The molecule has 28 heavy (non-hydrogen) atoms. The first kappa shape index (κ1) is 21.6. The molecular formula is C20H30ClN3O3S. The Hall–Kier alpha value is -1.15. The second-order valence-electron chi connectivity index (χ2n) is 8.09. The molecule has 0 spiro atoms. The van der Waals surface area contributed by atoms with Crippen LogP contribution in [0.2, 0.25) is 0 Å². The highest BCUT2D eigenvalue weighted by atomic mass is 35.5. The summed E-state index contributed by atoms with van der Waals surface area (Å²) in [6.07, 6.45) is 6.18. The van der Waals surface area contributed by atoms with Crippen LogP contribution in [0.5, 0.6) is 0 Å². The average Bonchev–Trinajstić information content (AvgIpc) is 3.50. The minimum atomic E-state index is -3.52. The Labute approximate surface area is 174 Å². The molecule has 1 N–H and O–H groups in total. The zero-order valence-corrected chi connectivity index (χ0v) is 18.0. The van der Waals surface area contributed by atoms with Gasteiger partial charge in [-0.05, 0) is 68.7 Å². The van der Waals surface area contributed by atoms with Crippen LogP contribution in [0.4, 0.5) is 5.69 Å². The van der Waals surface area contributed by atoms with Crippen LogP contribution in [0.3, 0.4) is 0 Å². The highest BCUT2D eigenvalue weighted by molar-refractivity contribution is 7.89. The van der Waals surface area contributed by atoms with E-state index in [4.69, 9.17) is 0 Å². The number of halogens is 1. The molecule has 1 aliphatic carbocycles. The predicted octanol–water partition coefficient (Wildman–Crippen LogP) is 2.56. The Morgan fingerprint density at radius 1 is 1.14 bits per heavy atom. The van der Waals surface area contributed by atoms with Gasteiger partial charge in [-0.1, -0.05) is 6.07 Å². The van der Waals surface area contributed by atoms with Crippen molar-refractivity contribution in [1.29, 1.82) is 0 Å². The topological polar surface area (TPSA) is 69.7 Å². The zero-order chi connectivity index (χ0) is 19.0. The summed E-state index contributed by atoms with van der Waals surface area (Å²) >= 11 is 0. The number of piperidine rings is 1. The van der Waals surface area contributed by atoms with Gasteiger partial charge in [-0.2, -0.15) is 4.31 Å². The highest BCUT2D eigenvalue weighted by Crippen LogP contribution is 2.32. The average molecular weight is 428 g/mol. The van der Waals surface area contributed by atoms with Crippen LogP contribution in [-0.4, -0.2) is 50.9 Å². The van der Waals surface area contributed by atoms with Crippen molar-refractivity contribution in [3.8, 4) is 0 Å². The molecule has 1 saturated carbocycles. The third-order valence-electron chi connectivity index (χ3n) is 6.04. The predicted molar refractivity (Wildman–Crippen MR) is 113 cm³/mol. The van der Waals surface area contributed by atoms with Crippen molar-refractivity contribution in [2.75, 3.05) is 31.1 Å². The molecule has 0 atom stereocenters. The fourth-order valence-electron chi connectivity index (χ4n) is 4.15. The van der Waals surface area contributed by atoms with Gasteiger partial charge in [-0.25, -0.2) is 8.42 Å². The lowest BCUT2D eigenvalue weighted by molar-refractivity contribution is -0.116. The van der Waals surface area contributed by atoms with Crippen molar-refractivity contribution in [3.05, 3.63) is 23.8 Å². The Morgan fingerprint density at radius 2 is 1.86 bits per heavy atom. The van der Waals surface area contributed by atoms with Crippen molar-refractivity contribution in [1.82, 2.24) is 9.62 Å². The van der Waals surface area contributed by atoms with Crippen LogP contribution in [0.15, 0.2) is 23.1 Å². The Morgan fingerprint density at radius 3 is 2.50 bits per heavy atom. The van der Waals surface area contributed by atoms with Crippen LogP contribution >= 0.6 is 12.4 Å². The van der Waals surface area contributed by atoms with Crippen LogP contribution in [0, 0.1) is 5.92 Å². The maximum Gasteiger partial charge on any atom is 0.243 e. The summed E-state index contributed by atoms with van der Waals surface area (Å²) in [4.78, 5) is 13.9.